The summed E-state index contributed by atoms with van der Waals surface area (Å²) in [6.45, 7) is 2.68. The lowest BCUT2D eigenvalue weighted by molar-refractivity contribution is 0.115. The summed E-state index contributed by atoms with van der Waals surface area (Å²) >= 11 is 0. The molecule has 0 fully saturated rings. The highest BCUT2D eigenvalue weighted by atomic mass is 16.5. The number of hydrogen-bond acceptors (Lipinski definition) is 3. The molecule has 1 aliphatic rings. The fourth-order valence-electron chi connectivity index (χ4n) is 2.68. The van der Waals surface area contributed by atoms with Crippen molar-refractivity contribution in [2.24, 2.45) is 17.4 Å². The average molecular weight is 272 g/mol. The summed E-state index contributed by atoms with van der Waals surface area (Å²) in [5, 5.41) is 0. The van der Waals surface area contributed by atoms with E-state index in [4.69, 9.17) is 16.2 Å². The molecule has 0 aliphatic heterocycles. The summed E-state index contributed by atoms with van der Waals surface area (Å²) in [5.41, 5.74) is 14.7. The maximum atomic E-state index is 6.57. The highest BCUT2D eigenvalue weighted by Gasteiger charge is 2.38. The van der Waals surface area contributed by atoms with E-state index in [1.54, 1.807) is 7.11 Å². The van der Waals surface area contributed by atoms with Crippen LogP contribution in [0.15, 0.2) is 48.6 Å². The van der Waals surface area contributed by atoms with E-state index in [-0.39, 0.29) is 12.0 Å². The highest BCUT2D eigenvalue weighted by Crippen LogP contribution is 2.27. The Morgan fingerprint density at radius 2 is 1.95 bits per heavy atom. The molecule has 3 atom stereocenters. The third-order valence-corrected chi connectivity index (χ3v) is 4.07. The SMILES string of the molecule is COCC(Cc1ccc(C)cc1)C1(N)C=CC=CC1N. The molecule has 2 rings (SSSR count). The van der Waals surface area contributed by atoms with Crippen LogP contribution in [-0.4, -0.2) is 25.3 Å². The molecule has 1 aromatic rings. The maximum Gasteiger partial charge on any atom is 0.0586 e. The van der Waals surface area contributed by atoms with Crippen LogP contribution < -0.4 is 11.5 Å². The quantitative estimate of drug-likeness (QED) is 0.861. The Morgan fingerprint density at radius 3 is 2.55 bits per heavy atom. The zero-order chi connectivity index (χ0) is 14.6. The number of methoxy groups -OCH3 is 1. The van der Waals surface area contributed by atoms with E-state index in [1.165, 1.54) is 11.1 Å². The van der Waals surface area contributed by atoms with Gasteiger partial charge in [0, 0.05) is 19.1 Å². The normalized spacial score (nSPS) is 26.7. The van der Waals surface area contributed by atoms with E-state index in [9.17, 15) is 0 Å². The van der Waals surface area contributed by atoms with Crippen molar-refractivity contribution in [3.63, 3.8) is 0 Å². The van der Waals surface area contributed by atoms with Gasteiger partial charge in [0.25, 0.3) is 0 Å². The topological polar surface area (TPSA) is 61.3 Å². The third kappa shape index (κ3) is 3.18. The van der Waals surface area contributed by atoms with E-state index >= 15 is 0 Å². The van der Waals surface area contributed by atoms with Crippen molar-refractivity contribution in [1.82, 2.24) is 0 Å². The average Bonchev–Trinajstić information content (AvgIpc) is 2.44. The van der Waals surface area contributed by atoms with Crippen molar-refractivity contribution in [2.75, 3.05) is 13.7 Å². The molecule has 1 aliphatic carbocycles. The minimum absolute atomic E-state index is 0.145. The minimum Gasteiger partial charge on any atom is -0.384 e. The van der Waals surface area contributed by atoms with Gasteiger partial charge in [-0.05, 0) is 18.9 Å². The number of hydrogen-bond donors (Lipinski definition) is 2. The monoisotopic (exact) mass is 272 g/mol. The molecular weight excluding hydrogens is 248 g/mol. The predicted octanol–water partition coefficient (Wildman–Crippen LogP) is 1.95. The molecule has 0 aromatic heterocycles. The maximum absolute atomic E-state index is 6.57. The second-order valence-electron chi connectivity index (χ2n) is 5.61. The summed E-state index contributed by atoms with van der Waals surface area (Å²) in [4.78, 5) is 0. The Labute approximate surface area is 121 Å². The van der Waals surface area contributed by atoms with Gasteiger partial charge < -0.3 is 16.2 Å². The molecule has 0 spiro atoms. The van der Waals surface area contributed by atoms with Crippen LogP contribution in [0.1, 0.15) is 11.1 Å². The fourth-order valence-corrected chi connectivity index (χ4v) is 2.68. The first-order valence-electron chi connectivity index (χ1n) is 7.01. The van der Waals surface area contributed by atoms with Crippen LogP contribution in [0.4, 0.5) is 0 Å². The molecule has 1 aromatic carbocycles. The molecule has 0 saturated heterocycles. The molecule has 0 radical (unpaired) electrons. The first-order valence-corrected chi connectivity index (χ1v) is 7.01. The third-order valence-electron chi connectivity index (χ3n) is 4.07. The highest BCUT2D eigenvalue weighted by molar-refractivity contribution is 5.30. The summed E-state index contributed by atoms with van der Waals surface area (Å²) in [6.07, 6.45) is 8.75. The van der Waals surface area contributed by atoms with E-state index in [2.05, 4.69) is 31.2 Å². The van der Waals surface area contributed by atoms with Crippen LogP contribution in [0.3, 0.4) is 0 Å². The summed E-state index contributed by atoms with van der Waals surface area (Å²) in [7, 11) is 1.71. The van der Waals surface area contributed by atoms with Gasteiger partial charge in [-0.2, -0.15) is 0 Å². The van der Waals surface area contributed by atoms with Gasteiger partial charge in [-0.25, -0.2) is 0 Å². The summed E-state index contributed by atoms with van der Waals surface area (Å²) in [5.74, 6) is 0.145. The fraction of sp³-hybridized carbons (Fsp3) is 0.412. The molecule has 3 unspecified atom stereocenters. The van der Waals surface area contributed by atoms with Gasteiger partial charge in [0.05, 0.1) is 12.1 Å². The molecule has 0 amide bonds. The van der Waals surface area contributed by atoms with Crippen LogP contribution in [0.25, 0.3) is 0 Å². The molecule has 3 nitrogen and oxygen atoms in total. The Kier molecular flexibility index (Phi) is 4.76. The molecule has 0 saturated carbocycles. The minimum atomic E-state index is -0.560. The molecule has 0 heterocycles. The molecule has 0 bridgehead atoms. The van der Waals surface area contributed by atoms with E-state index in [1.807, 2.05) is 24.3 Å². The Bertz CT molecular complexity index is 492. The van der Waals surface area contributed by atoms with Crippen LogP contribution in [0, 0.1) is 12.8 Å². The number of rotatable bonds is 5. The first kappa shape index (κ1) is 15.0. The van der Waals surface area contributed by atoms with Crippen molar-refractivity contribution in [2.45, 2.75) is 24.9 Å². The van der Waals surface area contributed by atoms with Crippen LogP contribution in [0.5, 0.6) is 0 Å². The van der Waals surface area contributed by atoms with E-state index in [0.29, 0.717) is 6.61 Å². The van der Waals surface area contributed by atoms with Crippen LogP contribution in [-0.2, 0) is 11.2 Å². The first-order chi connectivity index (χ1) is 9.56. The number of aryl methyl sites for hydroxylation is 1. The number of allylic oxidation sites excluding steroid dienone is 2. The van der Waals surface area contributed by atoms with Gasteiger partial charge in [0.2, 0.25) is 0 Å². The van der Waals surface area contributed by atoms with Crippen molar-refractivity contribution in [3.05, 3.63) is 59.7 Å². The Hall–Kier alpha value is -1.42. The second-order valence-corrected chi connectivity index (χ2v) is 5.61. The number of nitrogens with two attached hydrogens (primary N) is 2. The second kappa shape index (κ2) is 6.35. The van der Waals surface area contributed by atoms with E-state index < -0.39 is 5.54 Å². The van der Waals surface area contributed by atoms with Gasteiger partial charge in [0.15, 0.2) is 0 Å². The zero-order valence-electron chi connectivity index (χ0n) is 12.3. The van der Waals surface area contributed by atoms with Gasteiger partial charge in [-0.15, -0.1) is 0 Å². The Balaban J connectivity index is 2.20. The number of benzene rings is 1. The summed E-state index contributed by atoms with van der Waals surface area (Å²) < 4.78 is 5.37. The van der Waals surface area contributed by atoms with Crippen molar-refractivity contribution < 1.29 is 4.74 Å². The van der Waals surface area contributed by atoms with Gasteiger partial charge in [-0.3, -0.25) is 0 Å². The zero-order valence-corrected chi connectivity index (χ0v) is 12.3. The smallest absolute Gasteiger partial charge is 0.0586 e. The molecule has 20 heavy (non-hydrogen) atoms. The van der Waals surface area contributed by atoms with Gasteiger partial charge >= 0.3 is 0 Å². The van der Waals surface area contributed by atoms with Crippen LogP contribution in [0.2, 0.25) is 0 Å². The van der Waals surface area contributed by atoms with Gasteiger partial charge in [-0.1, -0.05) is 54.1 Å². The Morgan fingerprint density at radius 1 is 1.25 bits per heavy atom. The predicted molar refractivity (Wildman–Crippen MR) is 83.4 cm³/mol. The molecular formula is C17H24N2O. The standard InChI is InChI=1S/C17H24N2O/c1-13-6-8-14(9-7-13)11-15(12-20-2)17(19)10-4-3-5-16(17)18/h3-10,15-16H,11-12,18-19H2,1-2H3. The molecule has 108 valence electrons. The molecule has 4 N–H and O–H groups in total. The van der Waals surface area contributed by atoms with Crippen molar-refractivity contribution in [3.8, 4) is 0 Å². The largest absolute Gasteiger partial charge is 0.384 e. The summed E-state index contributed by atoms with van der Waals surface area (Å²) in [6, 6.07) is 8.36. The lowest BCUT2D eigenvalue weighted by atomic mass is 9.74. The lowest BCUT2D eigenvalue weighted by Gasteiger charge is -2.39. The van der Waals surface area contributed by atoms with Gasteiger partial charge in [0.1, 0.15) is 0 Å². The van der Waals surface area contributed by atoms with E-state index in [0.717, 1.165) is 6.42 Å². The van der Waals surface area contributed by atoms with Crippen LogP contribution >= 0.6 is 0 Å². The number of ether oxygens (including phenoxy) is 1. The van der Waals surface area contributed by atoms with Crippen molar-refractivity contribution >= 4 is 0 Å². The van der Waals surface area contributed by atoms with Crippen molar-refractivity contribution in [1.29, 1.82) is 0 Å². The molecule has 3 heteroatoms. The lowest BCUT2D eigenvalue weighted by Crippen LogP contribution is -2.60.